The van der Waals surface area contributed by atoms with E-state index in [1.54, 1.807) is 0 Å². The van der Waals surface area contributed by atoms with Crippen LogP contribution in [0, 0.1) is 5.92 Å². The third-order valence-electron chi connectivity index (χ3n) is 5.22. The minimum Gasteiger partial charge on any atom is -0.378 e. The quantitative estimate of drug-likeness (QED) is 0.802. The summed E-state index contributed by atoms with van der Waals surface area (Å²) in [5, 5.41) is 0. The monoisotopic (exact) mass is 345 g/mol. The molecule has 0 aromatic rings. The van der Waals surface area contributed by atoms with Crippen LogP contribution in [0.3, 0.4) is 0 Å². The molecular formula is C16H28ClN3O3. The van der Waals surface area contributed by atoms with Crippen LogP contribution >= 0.6 is 12.4 Å². The molecule has 0 aromatic carbocycles. The van der Waals surface area contributed by atoms with Crippen molar-refractivity contribution >= 4 is 24.2 Å². The number of hydrogen-bond acceptors (Lipinski definition) is 4. The van der Waals surface area contributed by atoms with Crippen LogP contribution < -0.4 is 5.73 Å². The van der Waals surface area contributed by atoms with Gasteiger partial charge in [0.15, 0.2) is 0 Å². The first-order valence-electron chi connectivity index (χ1n) is 8.59. The van der Waals surface area contributed by atoms with Crippen molar-refractivity contribution in [2.45, 2.75) is 50.6 Å². The van der Waals surface area contributed by atoms with Crippen LogP contribution in [-0.4, -0.2) is 66.5 Å². The van der Waals surface area contributed by atoms with Gasteiger partial charge in [-0.1, -0.05) is 0 Å². The summed E-state index contributed by atoms with van der Waals surface area (Å²) in [6, 6.07) is -0.122. The highest BCUT2D eigenvalue weighted by atomic mass is 35.5. The fraction of sp³-hybridized carbons (Fsp3) is 0.875. The second kappa shape index (κ2) is 8.31. The van der Waals surface area contributed by atoms with Crippen molar-refractivity contribution in [3.8, 4) is 0 Å². The molecule has 0 spiro atoms. The highest BCUT2D eigenvalue weighted by molar-refractivity contribution is 5.89. The maximum atomic E-state index is 12.8. The Kier molecular flexibility index (Phi) is 6.68. The van der Waals surface area contributed by atoms with Crippen molar-refractivity contribution in [1.82, 2.24) is 9.80 Å². The molecule has 2 amide bonds. The van der Waals surface area contributed by atoms with Gasteiger partial charge in [-0.25, -0.2) is 0 Å². The number of nitrogens with zero attached hydrogens (tertiary/aromatic N) is 2. The van der Waals surface area contributed by atoms with Gasteiger partial charge < -0.3 is 20.3 Å². The van der Waals surface area contributed by atoms with E-state index in [0.29, 0.717) is 32.8 Å². The third kappa shape index (κ3) is 4.17. The molecule has 3 rings (SSSR count). The van der Waals surface area contributed by atoms with Gasteiger partial charge in [-0.3, -0.25) is 9.59 Å². The molecule has 3 fully saturated rings. The van der Waals surface area contributed by atoms with Crippen LogP contribution in [-0.2, 0) is 14.3 Å². The second-order valence-corrected chi connectivity index (χ2v) is 6.75. The normalized spacial score (nSPS) is 31.6. The van der Waals surface area contributed by atoms with E-state index in [-0.39, 0.29) is 42.2 Å². The summed E-state index contributed by atoms with van der Waals surface area (Å²) in [5.74, 6) is 0.283. The van der Waals surface area contributed by atoms with E-state index in [2.05, 4.69) is 0 Å². The lowest BCUT2D eigenvalue weighted by Crippen LogP contribution is -2.56. The number of hydrogen-bond donors (Lipinski definition) is 1. The van der Waals surface area contributed by atoms with Gasteiger partial charge in [-0.2, -0.15) is 0 Å². The largest absolute Gasteiger partial charge is 0.378 e. The van der Waals surface area contributed by atoms with Gasteiger partial charge in [-0.15, -0.1) is 12.4 Å². The number of likely N-dealkylation sites (tertiary alicyclic amines) is 1. The number of carbonyl (C=O) groups is 2. The van der Waals surface area contributed by atoms with E-state index in [4.69, 9.17) is 10.5 Å². The average molecular weight is 346 g/mol. The van der Waals surface area contributed by atoms with E-state index in [1.807, 2.05) is 9.80 Å². The van der Waals surface area contributed by atoms with Crippen molar-refractivity contribution in [3.05, 3.63) is 0 Å². The lowest BCUT2D eigenvalue weighted by molar-refractivity contribution is -0.152. The Labute approximate surface area is 144 Å². The van der Waals surface area contributed by atoms with Crippen molar-refractivity contribution < 1.29 is 14.3 Å². The van der Waals surface area contributed by atoms with E-state index >= 15 is 0 Å². The molecule has 7 heteroatoms. The summed E-state index contributed by atoms with van der Waals surface area (Å²) < 4.78 is 5.32. The van der Waals surface area contributed by atoms with Crippen molar-refractivity contribution in [1.29, 1.82) is 0 Å². The Morgan fingerprint density at radius 3 is 2.35 bits per heavy atom. The molecule has 6 nitrogen and oxygen atoms in total. The number of ether oxygens (including phenoxy) is 1. The summed E-state index contributed by atoms with van der Waals surface area (Å²) in [4.78, 5) is 29.3. The molecule has 2 heterocycles. The van der Waals surface area contributed by atoms with Crippen LogP contribution in [0.5, 0.6) is 0 Å². The lowest BCUT2D eigenvalue weighted by Gasteiger charge is -2.39. The second-order valence-electron chi connectivity index (χ2n) is 6.75. The Balaban J connectivity index is 0.00000192. The summed E-state index contributed by atoms with van der Waals surface area (Å²) >= 11 is 0. The number of nitrogens with two attached hydrogens (primary N) is 1. The lowest BCUT2D eigenvalue weighted by atomic mass is 9.97. The molecule has 1 aliphatic carbocycles. The van der Waals surface area contributed by atoms with Crippen molar-refractivity contribution in [2.24, 2.45) is 11.7 Å². The number of carbonyl (C=O) groups excluding carboxylic acids is 2. The van der Waals surface area contributed by atoms with Crippen LogP contribution in [0.2, 0.25) is 0 Å². The molecule has 2 aliphatic heterocycles. The molecule has 2 saturated heterocycles. The molecule has 3 atom stereocenters. The molecular weight excluding hydrogens is 318 g/mol. The summed E-state index contributed by atoms with van der Waals surface area (Å²) in [6.07, 6.45) is 5.38. The zero-order valence-corrected chi connectivity index (χ0v) is 14.4. The molecule has 132 valence electrons. The number of piperidine rings is 1. The van der Waals surface area contributed by atoms with Crippen LogP contribution in [0.1, 0.15) is 38.5 Å². The number of amides is 2. The smallest absolute Gasteiger partial charge is 0.245 e. The Bertz CT molecular complexity index is 404. The SMILES string of the molecule is Cl.NC1CCC(C(=O)N2CCCCC2C(=O)N2CCOCC2)C1. The van der Waals surface area contributed by atoms with Gasteiger partial charge in [0.05, 0.1) is 13.2 Å². The molecule has 2 N–H and O–H groups in total. The first-order valence-corrected chi connectivity index (χ1v) is 8.59. The first kappa shape index (κ1) is 18.5. The number of halogens is 1. The Hall–Kier alpha value is -0.850. The highest BCUT2D eigenvalue weighted by Gasteiger charge is 2.39. The Morgan fingerprint density at radius 1 is 0.957 bits per heavy atom. The topological polar surface area (TPSA) is 75.9 Å². The van der Waals surface area contributed by atoms with Crippen LogP contribution in [0.15, 0.2) is 0 Å². The van der Waals surface area contributed by atoms with Gasteiger partial charge in [-0.05, 0) is 38.5 Å². The zero-order valence-electron chi connectivity index (χ0n) is 13.6. The molecule has 0 bridgehead atoms. The molecule has 0 radical (unpaired) electrons. The standard InChI is InChI=1S/C16H27N3O3.ClH/c17-13-5-4-12(11-13)15(20)19-6-2-1-3-14(19)16(21)18-7-9-22-10-8-18;/h12-14H,1-11,17H2;1H. The van der Waals surface area contributed by atoms with E-state index in [0.717, 1.165) is 38.5 Å². The maximum absolute atomic E-state index is 12.8. The molecule has 23 heavy (non-hydrogen) atoms. The van der Waals surface area contributed by atoms with Gasteiger partial charge in [0, 0.05) is 31.6 Å². The van der Waals surface area contributed by atoms with E-state index in [1.165, 1.54) is 0 Å². The van der Waals surface area contributed by atoms with Gasteiger partial charge in [0.1, 0.15) is 6.04 Å². The molecule has 1 saturated carbocycles. The van der Waals surface area contributed by atoms with Crippen LogP contribution in [0.4, 0.5) is 0 Å². The fourth-order valence-electron chi connectivity index (χ4n) is 3.92. The minimum absolute atomic E-state index is 0. The molecule has 0 aromatic heterocycles. The molecule has 3 aliphatic rings. The average Bonchev–Trinajstić information content (AvgIpc) is 3.01. The Morgan fingerprint density at radius 2 is 1.70 bits per heavy atom. The van der Waals surface area contributed by atoms with Crippen LogP contribution in [0.25, 0.3) is 0 Å². The van der Waals surface area contributed by atoms with Crippen molar-refractivity contribution in [3.63, 3.8) is 0 Å². The predicted octanol–water partition coefficient (Wildman–Crippen LogP) is 0.775. The molecule has 3 unspecified atom stereocenters. The summed E-state index contributed by atoms with van der Waals surface area (Å²) in [5.41, 5.74) is 5.94. The highest BCUT2D eigenvalue weighted by Crippen LogP contribution is 2.29. The van der Waals surface area contributed by atoms with Gasteiger partial charge >= 0.3 is 0 Å². The predicted molar refractivity (Wildman–Crippen MR) is 89.3 cm³/mol. The summed E-state index contributed by atoms with van der Waals surface area (Å²) in [6.45, 7) is 3.20. The third-order valence-corrected chi connectivity index (χ3v) is 5.22. The van der Waals surface area contributed by atoms with E-state index < -0.39 is 0 Å². The first-order chi connectivity index (χ1) is 10.7. The maximum Gasteiger partial charge on any atom is 0.245 e. The number of rotatable bonds is 2. The zero-order chi connectivity index (χ0) is 15.5. The van der Waals surface area contributed by atoms with Gasteiger partial charge in [0.25, 0.3) is 0 Å². The van der Waals surface area contributed by atoms with Gasteiger partial charge in [0.2, 0.25) is 11.8 Å². The minimum atomic E-state index is -0.267. The fourth-order valence-corrected chi connectivity index (χ4v) is 3.92. The van der Waals surface area contributed by atoms with E-state index in [9.17, 15) is 9.59 Å². The summed E-state index contributed by atoms with van der Waals surface area (Å²) in [7, 11) is 0. The number of morpholine rings is 1. The van der Waals surface area contributed by atoms with Crippen molar-refractivity contribution in [2.75, 3.05) is 32.8 Å².